The number of piperidine rings is 1. The monoisotopic (exact) mass is 544 g/mol. The Kier molecular flexibility index (Phi) is 6.06. The van der Waals surface area contributed by atoms with Crippen LogP contribution in [0.3, 0.4) is 0 Å². The van der Waals surface area contributed by atoms with E-state index in [9.17, 15) is 24.2 Å². The molecule has 2 aliphatic rings. The van der Waals surface area contributed by atoms with Crippen molar-refractivity contribution in [2.75, 3.05) is 20.2 Å². The van der Waals surface area contributed by atoms with Gasteiger partial charge in [-0.05, 0) is 80.3 Å². The van der Waals surface area contributed by atoms with Crippen LogP contribution in [0.1, 0.15) is 72.1 Å². The number of H-pyrrole nitrogens is 1. The van der Waals surface area contributed by atoms with Gasteiger partial charge in [-0.2, -0.15) is 0 Å². The molecule has 2 fully saturated rings. The normalized spacial score (nSPS) is 23.6. The van der Waals surface area contributed by atoms with E-state index in [0.29, 0.717) is 43.6 Å². The summed E-state index contributed by atoms with van der Waals surface area (Å²) in [5.41, 5.74) is 2.62. The van der Waals surface area contributed by atoms with Crippen LogP contribution >= 0.6 is 10.2 Å². The lowest BCUT2D eigenvalue weighted by Crippen LogP contribution is -2.38. The van der Waals surface area contributed by atoms with Crippen molar-refractivity contribution >= 4 is 27.3 Å². The van der Waals surface area contributed by atoms with Gasteiger partial charge in [0.05, 0.1) is 11.6 Å². The zero-order valence-electron chi connectivity index (χ0n) is 20.3. The molecule has 1 saturated heterocycles. The number of pyridine rings is 1. The van der Waals surface area contributed by atoms with Crippen molar-refractivity contribution in [2.45, 2.75) is 61.4 Å². The number of rotatable bonds is 5. The lowest BCUT2D eigenvalue weighted by molar-refractivity contribution is 0.0652. The second kappa shape index (κ2) is 8.65. The number of aromatic nitrogens is 3. The highest BCUT2D eigenvalue weighted by Crippen LogP contribution is 3.02. The van der Waals surface area contributed by atoms with Crippen LogP contribution < -0.4 is 0 Å². The number of amides is 1. The van der Waals surface area contributed by atoms with Crippen LogP contribution in [0.15, 0.2) is 41.4 Å². The molecule has 0 spiro atoms. The number of aromatic amines is 1. The van der Waals surface area contributed by atoms with Crippen LogP contribution in [0.25, 0.3) is 11.2 Å². The number of methoxy groups -OCH3 is 1. The van der Waals surface area contributed by atoms with Gasteiger partial charge >= 0.3 is 10.2 Å². The maximum atomic E-state index is 13.0. The average Bonchev–Trinajstić information content (AvgIpc) is 3.32. The summed E-state index contributed by atoms with van der Waals surface area (Å²) >= 11 is 0. The van der Waals surface area contributed by atoms with Gasteiger partial charge in [-0.1, -0.05) is 19.4 Å². The fraction of sp³-hybridized carbons (Fsp3) is 0.480. The van der Waals surface area contributed by atoms with Gasteiger partial charge in [0.15, 0.2) is 5.65 Å². The SMILES string of the molecule is COC1CCC(c2nc3nccc(C4CCN(C(=O)c5ccc(S(F)(F)(F)(F)F)cc5)CC4)c3[nH]2)CC1. The summed E-state index contributed by atoms with van der Waals surface area (Å²) in [6.07, 6.45) is 7.33. The Balaban J connectivity index is 1.26. The van der Waals surface area contributed by atoms with E-state index in [0.717, 1.165) is 54.7 Å². The summed E-state index contributed by atoms with van der Waals surface area (Å²) in [5.74, 6) is 0.954. The van der Waals surface area contributed by atoms with E-state index in [-0.39, 0.29) is 23.6 Å². The van der Waals surface area contributed by atoms with Crippen molar-refractivity contribution in [2.24, 2.45) is 0 Å². The van der Waals surface area contributed by atoms with E-state index in [1.54, 1.807) is 18.2 Å². The Morgan fingerprint density at radius 1 is 0.946 bits per heavy atom. The average molecular weight is 545 g/mol. The number of benzene rings is 1. The largest absolute Gasteiger partial charge is 0.381 e. The first-order valence-electron chi connectivity index (χ1n) is 12.3. The fourth-order valence-corrected chi connectivity index (χ4v) is 6.13. The minimum absolute atomic E-state index is 0.0447. The zero-order chi connectivity index (χ0) is 26.5. The Bertz CT molecular complexity index is 1300. The molecular weight excluding hydrogens is 515 g/mol. The van der Waals surface area contributed by atoms with Crippen molar-refractivity contribution in [3.05, 3.63) is 53.5 Å². The molecule has 3 aromatic rings. The third-order valence-corrected chi connectivity index (χ3v) is 8.77. The van der Waals surface area contributed by atoms with Crippen LogP contribution in [0.4, 0.5) is 19.4 Å². The van der Waals surface area contributed by atoms with E-state index < -0.39 is 21.0 Å². The summed E-state index contributed by atoms with van der Waals surface area (Å²) < 4.78 is 70.3. The molecule has 12 heteroatoms. The standard InChI is InChI=1S/C25H29F5N4O2S/c1-36-19-6-2-17(3-7-19)23-32-22-21(10-13-31-24(22)33-23)16-11-14-34(15-12-16)25(35)18-4-8-20(9-5-18)37(26,27,28,29)30/h4-5,8-10,13,16-17,19H,2-3,6-7,11-12,14-15H2,1H3,(H,31,32,33). The molecule has 0 atom stereocenters. The highest BCUT2D eigenvalue weighted by molar-refractivity contribution is 8.45. The molecule has 0 unspecified atom stereocenters. The molecule has 1 saturated carbocycles. The number of ether oxygens (including phenoxy) is 1. The van der Waals surface area contributed by atoms with Gasteiger partial charge in [-0.3, -0.25) is 4.79 Å². The van der Waals surface area contributed by atoms with E-state index in [2.05, 4.69) is 9.97 Å². The second-order valence-corrected chi connectivity index (χ2v) is 12.4. The minimum Gasteiger partial charge on any atom is -0.381 e. The number of hydrogen-bond acceptors (Lipinski definition) is 4. The van der Waals surface area contributed by atoms with Crippen LogP contribution in [0.2, 0.25) is 0 Å². The predicted octanol–water partition coefficient (Wildman–Crippen LogP) is 7.31. The van der Waals surface area contributed by atoms with Crippen LogP contribution in [-0.2, 0) is 4.74 Å². The first kappa shape index (κ1) is 25.9. The highest BCUT2D eigenvalue weighted by Gasteiger charge is 2.65. The first-order valence-corrected chi connectivity index (χ1v) is 14.3. The lowest BCUT2D eigenvalue weighted by Gasteiger charge is -2.40. The zero-order valence-corrected chi connectivity index (χ0v) is 21.1. The van der Waals surface area contributed by atoms with Crippen molar-refractivity contribution < 1.29 is 29.0 Å². The lowest BCUT2D eigenvalue weighted by atomic mass is 9.87. The number of fused-ring (bicyclic) bond motifs is 1. The third-order valence-electron chi connectivity index (χ3n) is 7.61. The van der Waals surface area contributed by atoms with Crippen LogP contribution in [0.5, 0.6) is 0 Å². The molecule has 0 bridgehead atoms. The number of halogens is 5. The highest BCUT2D eigenvalue weighted by atomic mass is 32.5. The quantitative estimate of drug-likeness (QED) is 0.342. The number of carbonyl (C=O) groups is 1. The molecule has 37 heavy (non-hydrogen) atoms. The minimum atomic E-state index is -9.77. The van der Waals surface area contributed by atoms with E-state index in [4.69, 9.17) is 9.72 Å². The van der Waals surface area contributed by atoms with Gasteiger partial charge in [0.1, 0.15) is 10.7 Å². The Morgan fingerprint density at radius 3 is 2.19 bits per heavy atom. The topological polar surface area (TPSA) is 71.1 Å². The number of nitrogens with one attached hydrogen (secondary N) is 1. The summed E-state index contributed by atoms with van der Waals surface area (Å²) in [7, 11) is -8.03. The van der Waals surface area contributed by atoms with Gasteiger partial charge in [0.2, 0.25) is 0 Å². The smallest absolute Gasteiger partial charge is 0.310 e. The van der Waals surface area contributed by atoms with Gasteiger partial charge < -0.3 is 14.6 Å². The fourth-order valence-electron chi connectivity index (χ4n) is 5.48. The van der Waals surface area contributed by atoms with Crippen LogP contribution in [-0.4, -0.2) is 52.1 Å². The second-order valence-electron chi connectivity index (χ2n) is 9.99. The summed E-state index contributed by atoms with van der Waals surface area (Å²) in [5, 5.41) is 0. The number of imidazole rings is 1. The van der Waals surface area contributed by atoms with Crippen LogP contribution in [0, 0.1) is 0 Å². The molecule has 5 rings (SSSR count). The molecule has 1 amide bonds. The van der Waals surface area contributed by atoms with Crippen molar-refractivity contribution in [3.63, 3.8) is 0 Å². The van der Waals surface area contributed by atoms with E-state index in [1.165, 1.54) is 0 Å². The Labute approximate surface area is 211 Å². The Hall–Kier alpha value is -2.73. The van der Waals surface area contributed by atoms with Gasteiger partial charge in [-0.15, -0.1) is 0 Å². The molecule has 2 aromatic heterocycles. The van der Waals surface area contributed by atoms with Gasteiger partial charge in [0.25, 0.3) is 5.91 Å². The predicted molar refractivity (Wildman–Crippen MR) is 132 cm³/mol. The summed E-state index contributed by atoms with van der Waals surface area (Å²) in [6.45, 7) is 0.803. The summed E-state index contributed by atoms with van der Waals surface area (Å²) in [6, 6.07) is 4.17. The number of likely N-dealkylation sites (tertiary alicyclic amines) is 1. The maximum absolute atomic E-state index is 13.0. The van der Waals surface area contributed by atoms with Gasteiger partial charge in [-0.25, -0.2) is 9.97 Å². The molecule has 6 nitrogen and oxygen atoms in total. The van der Waals surface area contributed by atoms with Crippen molar-refractivity contribution in [1.82, 2.24) is 19.9 Å². The van der Waals surface area contributed by atoms with Crippen molar-refractivity contribution in [1.29, 1.82) is 0 Å². The third kappa shape index (κ3) is 5.45. The Morgan fingerprint density at radius 2 is 1.59 bits per heavy atom. The van der Waals surface area contributed by atoms with E-state index in [1.807, 2.05) is 6.07 Å². The number of carbonyl (C=O) groups excluding carboxylic acids is 1. The molecule has 202 valence electrons. The summed E-state index contributed by atoms with van der Waals surface area (Å²) in [4.78, 5) is 25.1. The number of hydrogen-bond donors (Lipinski definition) is 1. The molecule has 3 heterocycles. The molecule has 0 radical (unpaired) electrons. The maximum Gasteiger partial charge on any atom is 0.310 e. The van der Waals surface area contributed by atoms with Gasteiger partial charge in [0, 0.05) is 37.9 Å². The van der Waals surface area contributed by atoms with Crippen molar-refractivity contribution in [3.8, 4) is 0 Å². The molecule has 1 aliphatic carbocycles. The van der Waals surface area contributed by atoms with E-state index >= 15 is 0 Å². The molecule has 1 aromatic carbocycles. The molecular formula is C25H29F5N4O2S. The molecule has 1 aliphatic heterocycles. The number of nitrogens with zero attached hydrogens (tertiary/aromatic N) is 3. The molecule has 1 N–H and O–H groups in total. The first-order chi connectivity index (χ1) is 17.3.